The van der Waals surface area contributed by atoms with E-state index in [1.807, 2.05) is 33.8 Å². The average molecular weight is 212 g/mol. The fourth-order valence-corrected chi connectivity index (χ4v) is 1.00. The van der Waals surface area contributed by atoms with Crippen molar-refractivity contribution in [3.63, 3.8) is 0 Å². The molecule has 0 heterocycles. The van der Waals surface area contributed by atoms with Crippen LogP contribution in [0.3, 0.4) is 0 Å². The molecule has 0 radical (unpaired) electrons. The predicted molar refractivity (Wildman–Crippen MR) is 57.8 cm³/mol. The molecule has 0 aliphatic heterocycles. The zero-order valence-electron chi connectivity index (χ0n) is 9.87. The lowest BCUT2D eigenvalue weighted by Crippen LogP contribution is -2.40. The van der Waals surface area contributed by atoms with E-state index in [1.165, 1.54) is 0 Å². The number of rotatable bonds is 5. The molecule has 0 aliphatic carbocycles. The Bertz CT molecular complexity index is 254. The third-order valence-electron chi connectivity index (χ3n) is 2.26. The Hall–Kier alpha value is -1.08. The van der Waals surface area contributed by atoms with Crippen molar-refractivity contribution < 1.29 is 9.90 Å². The lowest BCUT2D eigenvalue weighted by atomic mass is 9.93. The first-order chi connectivity index (χ1) is 6.84. The van der Waals surface area contributed by atoms with E-state index in [0.717, 1.165) is 0 Å². The molecule has 0 aromatic carbocycles. The van der Waals surface area contributed by atoms with Crippen LogP contribution in [-0.2, 0) is 4.79 Å². The van der Waals surface area contributed by atoms with Crippen molar-refractivity contribution in [3.8, 4) is 6.07 Å². The van der Waals surface area contributed by atoms with E-state index in [9.17, 15) is 4.79 Å². The molecule has 2 N–H and O–H groups in total. The molecule has 0 aliphatic rings. The van der Waals surface area contributed by atoms with E-state index in [-0.39, 0.29) is 23.8 Å². The number of carbonyl (C=O) groups is 1. The van der Waals surface area contributed by atoms with Gasteiger partial charge >= 0.3 is 0 Å². The van der Waals surface area contributed by atoms with Crippen LogP contribution < -0.4 is 5.32 Å². The Morgan fingerprint density at radius 2 is 2.07 bits per heavy atom. The lowest BCUT2D eigenvalue weighted by molar-refractivity contribution is -0.125. The molecule has 0 bridgehead atoms. The van der Waals surface area contributed by atoms with Crippen LogP contribution in [0.25, 0.3) is 0 Å². The summed E-state index contributed by atoms with van der Waals surface area (Å²) in [5.41, 5.74) is -0.341. The summed E-state index contributed by atoms with van der Waals surface area (Å²) in [7, 11) is 0. The maximum atomic E-state index is 11.6. The van der Waals surface area contributed by atoms with Gasteiger partial charge in [-0.2, -0.15) is 5.26 Å². The van der Waals surface area contributed by atoms with E-state index >= 15 is 0 Å². The molecule has 1 amide bonds. The Morgan fingerprint density at radius 3 is 2.40 bits per heavy atom. The highest BCUT2D eigenvalue weighted by Gasteiger charge is 2.24. The molecule has 0 rings (SSSR count). The number of aliphatic hydroxyl groups is 1. The summed E-state index contributed by atoms with van der Waals surface area (Å²) >= 11 is 0. The summed E-state index contributed by atoms with van der Waals surface area (Å²) in [5, 5.41) is 20.5. The van der Waals surface area contributed by atoms with E-state index in [4.69, 9.17) is 10.4 Å². The fraction of sp³-hybridized carbons (Fsp3) is 0.818. The number of carbonyl (C=O) groups excluding carboxylic acids is 1. The van der Waals surface area contributed by atoms with Gasteiger partial charge in [-0.15, -0.1) is 0 Å². The zero-order valence-corrected chi connectivity index (χ0v) is 9.87. The van der Waals surface area contributed by atoms with Gasteiger partial charge in [0.2, 0.25) is 5.91 Å². The van der Waals surface area contributed by atoms with Gasteiger partial charge in [0.15, 0.2) is 0 Å². The summed E-state index contributed by atoms with van der Waals surface area (Å²) in [6, 6.07) is 1.98. The maximum Gasteiger partial charge on any atom is 0.237 e. The molecule has 1 atom stereocenters. The van der Waals surface area contributed by atoms with Crippen molar-refractivity contribution in [1.82, 2.24) is 5.32 Å². The number of nitrogens with one attached hydrogen (secondary N) is 1. The molecule has 0 aromatic rings. The second-order valence-electron chi connectivity index (χ2n) is 4.89. The Morgan fingerprint density at radius 1 is 1.53 bits per heavy atom. The van der Waals surface area contributed by atoms with Gasteiger partial charge in [-0.05, 0) is 5.92 Å². The van der Waals surface area contributed by atoms with E-state index in [1.54, 1.807) is 0 Å². The van der Waals surface area contributed by atoms with E-state index in [0.29, 0.717) is 6.54 Å². The molecule has 1 unspecified atom stereocenters. The Labute approximate surface area is 91.3 Å². The molecule has 0 saturated heterocycles. The molecule has 0 spiro atoms. The van der Waals surface area contributed by atoms with Gasteiger partial charge in [0, 0.05) is 18.6 Å². The number of hydrogen-bond donors (Lipinski definition) is 2. The molecule has 86 valence electrons. The highest BCUT2D eigenvalue weighted by molar-refractivity contribution is 5.81. The largest absolute Gasteiger partial charge is 0.396 e. The van der Waals surface area contributed by atoms with Crippen molar-refractivity contribution in [2.75, 3.05) is 13.2 Å². The number of hydrogen-bond acceptors (Lipinski definition) is 3. The standard InChI is InChI=1S/C11H20N2O2/c1-8(2)9(5-12)10(15)13-6-11(3,4)7-14/h8-9,14H,6-7H2,1-4H3,(H,13,15). The van der Waals surface area contributed by atoms with Crippen molar-refractivity contribution in [1.29, 1.82) is 5.26 Å². The first-order valence-electron chi connectivity index (χ1n) is 5.12. The second-order valence-corrected chi connectivity index (χ2v) is 4.89. The van der Waals surface area contributed by atoms with Crippen LogP contribution in [0.2, 0.25) is 0 Å². The first-order valence-corrected chi connectivity index (χ1v) is 5.12. The van der Waals surface area contributed by atoms with Crippen molar-refractivity contribution in [2.45, 2.75) is 27.7 Å². The third kappa shape index (κ3) is 4.80. The Balaban J connectivity index is 4.21. The minimum Gasteiger partial charge on any atom is -0.396 e. The smallest absolute Gasteiger partial charge is 0.237 e. The zero-order chi connectivity index (χ0) is 12.1. The number of amides is 1. The molecule has 4 heteroatoms. The number of aliphatic hydroxyl groups excluding tert-OH is 1. The minimum atomic E-state index is -0.612. The van der Waals surface area contributed by atoms with E-state index < -0.39 is 5.92 Å². The quantitative estimate of drug-likeness (QED) is 0.711. The van der Waals surface area contributed by atoms with Gasteiger partial charge in [-0.25, -0.2) is 0 Å². The summed E-state index contributed by atoms with van der Waals surface area (Å²) in [6.07, 6.45) is 0. The Kier molecular flexibility index (Phi) is 5.31. The van der Waals surface area contributed by atoms with Gasteiger partial charge in [0.05, 0.1) is 6.07 Å². The predicted octanol–water partition coefficient (Wildman–Crippen LogP) is 0.917. The highest BCUT2D eigenvalue weighted by Crippen LogP contribution is 2.13. The van der Waals surface area contributed by atoms with Crippen molar-refractivity contribution >= 4 is 5.91 Å². The van der Waals surface area contributed by atoms with Crippen LogP contribution in [-0.4, -0.2) is 24.2 Å². The molecule has 15 heavy (non-hydrogen) atoms. The van der Waals surface area contributed by atoms with Gasteiger partial charge in [-0.3, -0.25) is 4.79 Å². The van der Waals surface area contributed by atoms with Crippen LogP contribution in [0.1, 0.15) is 27.7 Å². The third-order valence-corrected chi connectivity index (χ3v) is 2.26. The SMILES string of the molecule is CC(C)C(C#N)C(=O)NCC(C)(C)CO. The molecule has 0 saturated carbocycles. The van der Waals surface area contributed by atoms with Crippen molar-refractivity contribution in [2.24, 2.45) is 17.3 Å². The molecular formula is C11H20N2O2. The van der Waals surface area contributed by atoms with Crippen LogP contribution in [0.15, 0.2) is 0 Å². The second kappa shape index (κ2) is 5.72. The number of nitriles is 1. The molecule has 4 nitrogen and oxygen atoms in total. The molecular weight excluding hydrogens is 192 g/mol. The molecule has 0 fully saturated rings. The normalized spacial score (nSPS) is 13.4. The van der Waals surface area contributed by atoms with Crippen LogP contribution in [0.4, 0.5) is 0 Å². The summed E-state index contributed by atoms with van der Waals surface area (Å²) in [4.78, 5) is 11.6. The molecule has 0 aromatic heterocycles. The minimum absolute atomic E-state index is 0.00613. The monoisotopic (exact) mass is 212 g/mol. The highest BCUT2D eigenvalue weighted by atomic mass is 16.3. The lowest BCUT2D eigenvalue weighted by Gasteiger charge is -2.23. The first kappa shape index (κ1) is 13.9. The topological polar surface area (TPSA) is 73.1 Å². The van der Waals surface area contributed by atoms with Crippen molar-refractivity contribution in [3.05, 3.63) is 0 Å². The van der Waals surface area contributed by atoms with Crippen LogP contribution in [0, 0.1) is 28.6 Å². The van der Waals surface area contributed by atoms with Crippen LogP contribution in [0.5, 0.6) is 0 Å². The number of nitrogens with zero attached hydrogens (tertiary/aromatic N) is 1. The summed E-state index contributed by atoms with van der Waals surface area (Å²) in [6.45, 7) is 7.77. The summed E-state index contributed by atoms with van der Waals surface area (Å²) in [5.74, 6) is -0.860. The van der Waals surface area contributed by atoms with E-state index in [2.05, 4.69) is 5.32 Å². The fourth-order valence-electron chi connectivity index (χ4n) is 1.00. The van der Waals surface area contributed by atoms with Gasteiger partial charge < -0.3 is 10.4 Å². The maximum absolute atomic E-state index is 11.6. The van der Waals surface area contributed by atoms with Gasteiger partial charge in [-0.1, -0.05) is 27.7 Å². The summed E-state index contributed by atoms with van der Waals surface area (Å²) < 4.78 is 0. The van der Waals surface area contributed by atoms with Gasteiger partial charge in [0.1, 0.15) is 5.92 Å². The average Bonchev–Trinajstić information content (AvgIpc) is 2.15. The van der Waals surface area contributed by atoms with Crippen LogP contribution >= 0.6 is 0 Å². The van der Waals surface area contributed by atoms with Gasteiger partial charge in [0.25, 0.3) is 0 Å².